The zero-order valence-corrected chi connectivity index (χ0v) is 18.9. The number of halogens is 4. The second kappa shape index (κ2) is 8.90. The van der Waals surface area contributed by atoms with E-state index in [0.29, 0.717) is 36.0 Å². The predicted octanol–water partition coefficient (Wildman–Crippen LogP) is 5.10. The lowest BCUT2D eigenvalue weighted by Gasteiger charge is -2.39. The maximum Gasteiger partial charge on any atom is 0.419 e. The molecule has 0 bridgehead atoms. The normalized spacial score (nSPS) is 17.6. The molecular weight excluding hydrogens is 458 g/mol. The minimum Gasteiger partial charge on any atom is -0.481 e. The van der Waals surface area contributed by atoms with Crippen LogP contribution in [0.2, 0.25) is 0 Å². The summed E-state index contributed by atoms with van der Waals surface area (Å²) in [5.74, 6) is -2.18. The van der Waals surface area contributed by atoms with Crippen molar-refractivity contribution >= 4 is 32.7 Å². The molecule has 33 heavy (non-hydrogen) atoms. The molecule has 1 aromatic heterocycles. The molecule has 5 nitrogen and oxygen atoms in total. The van der Waals surface area contributed by atoms with Gasteiger partial charge in [0.25, 0.3) is 0 Å². The van der Waals surface area contributed by atoms with Gasteiger partial charge in [-0.1, -0.05) is 35.1 Å². The Labute approximate surface area is 192 Å². The van der Waals surface area contributed by atoms with Crippen LogP contribution in [0.15, 0.2) is 30.3 Å². The van der Waals surface area contributed by atoms with Crippen LogP contribution in [0.1, 0.15) is 29.2 Å². The van der Waals surface area contributed by atoms with Gasteiger partial charge in [-0.3, -0.25) is 9.69 Å². The van der Waals surface area contributed by atoms with Crippen LogP contribution in [0.25, 0.3) is 10.2 Å². The lowest BCUT2D eigenvalue weighted by molar-refractivity contribution is -0.140. The SMILES string of the molecule is Cc1cc(CC(=O)O)cc(CN2CCN(c3nc4cc(F)c(C(F)(F)F)cc4s3)[C@@H](C)C2)c1. The molecule has 1 N–H and O–H groups in total. The number of fused-ring (bicyclic) bond motifs is 1. The van der Waals surface area contributed by atoms with Crippen LogP contribution >= 0.6 is 11.3 Å². The topological polar surface area (TPSA) is 56.7 Å². The minimum atomic E-state index is -4.75. The number of rotatable bonds is 5. The average Bonchev–Trinajstić information content (AvgIpc) is 3.08. The van der Waals surface area contributed by atoms with Crippen LogP contribution in [-0.2, 0) is 23.9 Å². The number of carboxylic acids is 1. The second-order valence-corrected chi connectivity index (χ2v) is 9.48. The van der Waals surface area contributed by atoms with Crippen LogP contribution in [0.3, 0.4) is 0 Å². The van der Waals surface area contributed by atoms with E-state index in [4.69, 9.17) is 5.11 Å². The lowest BCUT2D eigenvalue weighted by atomic mass is 10.0. The summed E-state index contributed by atoms with van der Waals surface area (Å²) in [5, 5.41) is 9.65. The fourth-order valence-corrected chi connectivity index (χ4v) is 5.43. The largest absolute Gasteiger partial charge is 0.481 e. The molecule has 2 aromatic carbocycles. The third-order valence-corrected chi connectivity index (χ3v) is 6.74. The maximum atomic E-state index is 13.9. The molecule has 0 amide bonds. The highest BCUT2D eigenvalue weighted by molar-refractivity contribution is 7.22. The van der Waals surface area contributed by atoms with Gasteiger partial charge < -0.3 is 10.0 Å². The Kier molecular flexibility index (Phi) is 6.32. The van der Waals surface area contributed by atoms with E-state index in [1.807, 2.05) is 36.9 Å². The highest BCUT2D eigenvalue weighted by Crippen LogP contribution is 2.38. The zero-order chi connectivity index (χ0) is 23.9. The van der Waals surface area contributed by atoms with Crippen LogP contribution in [0.5, 0.6) is 0 Å². The number of carbonyl (C=O) groups is 1. The van der Waals surface area contributed by atoms with Crippen molar-refractivity contribution in [3.63, 3.8) is 0 Å². The number of alkyl halides is 3. The van der Waals surface area contributed by atoms with Crippen molar-refractivity contribution in [1.82, 2.24) is 9.88 Å². The number of nitrogens with zero attached hydrogens (tertiary/aromatic N) is 3. The Hall–Kier alpha value is -2.72. The van der Waals surface area contributed by atoms with Crippen LogP contribution < -0.4 is 4.90 Å². The van der Waals surface area contributed by atoms with Crippen molar-refractivity contribution in [2.24, 2.45) is 0 Å². The first-order valence-electron chi connectivity index (χ1n) is 10.5. The molecule has 0 aliphatic carbocycles. The molecule has 2 heterocycles. The Morgan fingerprint density at radius 2 is 1.91 bits per heavy atom. The molecule has 1 saturated heterocycles. The van der Waals surface area contributed by atoms with Gasteiger partial charge in [-0.25, -0.2) is 9.37 Å². The van der Waals surface area contributed by atoms with Crippen molar-refractivity contribution in [1.29, 1.82) is 0 Å². The number of hydrogen-bond donors (Lipinski definition) is 1. The van der Waals surface area contributed by atoms with E-state index < -0.39 is 23.5 Å². The number of aliphatic carboxylic acids is 1. The number of aryl methyl sites for hydroxylation is 1. The monoisotopic (exact) mass is 481 g/mol. The predicted molar refractivity (Wildman–Crippen MR) is 119 cm³/mol. The molecule has 1 fully saturated rings. The number of anilines is 1. The summed E-state index contributed by atoms with van der Waals surface area (Å²) in [7, 11) is 0. The van der Waals surface area contributed by atoms with Crippen molar-refractivity contribution in [2.45, 2.75) is 39.0 Å². The Bertz CT molecular complexity index is 1190. The Morgan fingerprint density at radius 3 is 2.58 bits per heavy atom. The zero-order valence-electron chi connectivity index (χ0n) is 18.1. The summed E-state index contributed by atoms with van der Waals surface area (Å²) >= 11 is 1.14. The lowest BCUT2D eigenvalue weighted by Crippen LogP contribution is -2.51. The fraction of sp³-hybridized carbons (Fsp3) is 0.391. The maximum absolute atomic E-state index is 13.9. The quantitative estimate of drug-likeness (QED) is 0.514. The fourth-order valence-electron chi connectivity index (χ4n) is 4.31. The summed E-state index contributed by atoms with van der Waals surface area (Å²) in [4.78, 5) is 19.7. The standard InChI is InChI=1S/C23H23F4N3O2S/c1-13-5-15(8-21(31)32)7-16(6-13)12-29-3-4-30(14(2)11-29)22-28-19-10-18(24)17(23(25,26)27)9-20(19)33-22/h5-7,9-10,14H,3-4,8,11-12H2,1-2H3,(H,31,32)/t14-/m0/s1. The van der Waals surface area contributed by atoms with Crippen LogP contribution in [-0.4, -0.2) is 46.6 Å². The van der Waals surface area contributed by atoms with Crippen LogP contribution in [0, 0.1) is 12.7 Å². The number of benzene rings is 2. The molecule has 0 saturated carbocycles. The van der Waals surface area contributed by atoms with Crippen molar-refractivity contribution in [3.8, 4) is 0 Å². The molecule has 1 aliphatic heterocycles. The van der Waals surface area contributed by atoms with Crippen molar-refractivity contribution in [3.05, 3.63) is 58.4 Å². The van der Waals surface area contributed by atoms with E-state index in [2.05, 4.69) is 9.88 Å². The van der Waals surface area contributed by atoms with Gasteiger partial charge in [0.05, 0.1) is 22.2 Å². The Balaban J connectivity index is 1.48. The van der Waals surface area contributed by atoms with Gasteiger partial charge in [0.1, 0.15) is 5.82 Å². The van der Waals surface area contributed by atoms with E-state index in [-0.39, 0.29) is 18.0 Å². The van der Waals surface area contributed by atoms with Crippen LogP contribution in [0.4, 0.5) is 22.7 Å². The summed E-state index contributed by atoms with van der Waals surface area (Å²) in [5.41, 5.74) is 1.77. The first-order chi connectivity index (χ1) is 15.5. The van der Waals surface area contributed by atoms with Gasteiger partial charge in [-0.15, -0.1) is 0 Å². The Morgan fingerprint density at radius 1 is 1.18 bits per heavy atom. The third-order valence-electron chi connectivity index (χ3n) is 5.69. The summed E-state index contributed by atoms with van der Waals surface area (Å²) in [6, 6.07) is 7.57. The number of thiazole rings is 1. The molecular formula is C23H23F4N3O2S. The van der Waals surface area contributed by atoms with E-state index >= 15 is 0 Å². The molecule has 4 rings (SSSR count). The number of aromatic nitrogens is 1. The summed E-state index contributed by atoms with van der Waals surface area (Å²) in [6.45, 7) is 6.68. The minimum absolute atomic E-state index is 0.0207. The molecule has 10 heteroatoms. The van der Waals surface area contributed by atoms with Gasteiger partial charge in [0, 0.05) is 38.3 Å². The molecule has 0 unspecified atom stereocenters. The van der Waals surface area contributed by atoms with E-state index in [1.165, 1.54) is 0 Å². The molecule has 1 atom stereocenters. The van der Waals surface area contributed by atoms with Gasteiger partial charge in [-0.2, -0.15) is 13.2 Å². The smallest absolute Gasteiger partial charge is 0.419 e. The molecule has 0 radical (unpaired) electrons. The molecule has 3 aromatic rings. The molecule has 0 spiro atoms. The van der Waals surface area contributed by atoms with Crippen molar-refractivity contribution < 1.29 is 27.5 Å². The first kappa shape index (κ1) is 23.4. The summed E-state index contributed by atoms with van der Waals surface area (Å²) in [6.07, 6.45) is -4.77. The van der Waals surface area contributed by atoms with Gasteiger partial charge in [0.15, 0.2) is 5.13 Å². The van der Waals surface area contributed by atoms with Gasteiger partial charge in [0.2, 0.25) is 0 Å². The average molecular weight is 482 g/mol. The van der Waals surface area contributed by atoms with Crippen molar-refractivity contribution in [2.75, 3.05) is 24.5 Å². The number of piperazine rings is 1. The van der Waals surface area contributed by atoms with E-state index in [1.54, 1.807) is 0 Å². The second-order valence-electron chi connectivity index (χ2n) is 8.47. The van der Waals surface area contributed by atoms with Gasteiger partial charge in [-0.05, 0) is 31.0 Å². The van der Waals surface area contributed by atoms with Gasteiger partial charge >= 0.3 is 12.1 Å². The molecule has 1 aliphatic rings. The highest BCUT2D eigenvalue weighted by Gasteiger charge is 2.35. The first-order valence-corrected chi connectivity index (χ1v) is 11.3. The number of carboxylic acid groups (broad SMARTS) is 1. The summed E-state index contributed by atoms with van der Waals surface area (Å²) < 4.78 is 53.3. The highest BCUT2D eigenvalue weighted by atomic mass is 32.1. The van der Waals surface area contributed by atoms with E-state index in [0.717, 1.165) is 40.2 Å². The molecule has 176 valence electrons. The van der Waals surface area contributed by atoms with E-state index in [9.17, 15) is 22.4 Å². The third kappa shape index (κ3) is 5.27. The number of hydrogen-bond acceptors (Lipinski definition) is 5.